The van der Waals surface area contributed by atoms with Crippen LogP contribution in [-0.2, 0) is 16.1 Å². The zero-order valence-electron chi connectivity index (χ0n) is 18.4. The molecule has 0 aromatic heterocycles. The number of carbonyl (C=O) groups is 1. The monoisotopic (exact) mass is 406 g/mol. The van der Waals surface area contributed by atoms with Crippen LogP contribution in [0.5, 0.6) is 0 Å². The van der Waals surface area contributed by atoms with Crippen LogP contribution >= 0.6 is 0 Å². The van der Waals surface area contributed by atoms with Gasteiger partial charge in [0, 0.05) is 6.42 Å². The number of carboxylic acid groups (broad SMARTS) is 1. The van der Waals surface area contributed by atoms with Gasteiger partial charge in [0.15, 0.2) is 0 Å². The molecule has 1 aromatic rings. The average molecular weight is 407 g/mol. The van der Waals surface area contributed by atoms with Crippen molar-refractivity contribution in [1.82, 2.24) is 0 Å². The van der Waals surface area contributed by atoms with Gasteiger partial charge in [-0.1, -0.05) is 95.0 Å². The van der Waals surface area contributed by atoms with E-state index in [0.717, 1.165) is 37.7 Å². The van der Waals surface area contributed by atoms with Crippen molar-refractivity contribution < 1.29 is 19.7 Å². The molecule has 0 bridgehead atoms. The first-order valence-corrected chi connectivity index (χ1v) is 11.7. The van der Waals surface area contributed by atoms with Crippen LogP contribution in [0.4, 0.5) is 0 Å². The molecule has 2 unspecified atom stereocenters. The van der Waals surface area contributed by atoms with Gasteiger partial charge in [0.25, 0.3) is 0 Å². The highest BCUT2D eigenvalue weighted by atomic mass is 16.5. The zero-order chi connectivity index (χ0) is 21.2. The molecule has 0 heterocycles. The van der Waals surface area contributed by atoms with E-state index < -0.39 is 5.97 Å². The molecule has 0 saturated heterocycles. The zero-order valence-corrected chi connectivity index (χ0v) is 18.4. The van der Waals surface area contributed by atoms with Crippen molar-refractivity contribution in [3.63, 3.8) is 0 Å². The number of hydrogen-bond acceptors (Lipinski definition) is 3. The molecule has 166 valence electrons. The van der Waals surface area contributed by atoms with Crippen molar-refractivity contribution in [1.29, 1.82) is 0 Å². The molecule has 0 saturated carbocycles. The topological polar surface area (TPSA) is 66.8 Å². The molecular formula is C25H42O4. The molecule has 0 radical (unpaired) electrons. The number of benzene rings is 1. The molecule has 4 heteroatoms. The summed E-state index contributed by atoms with van der Waals surface area (Å²) in [6, 6.07) is 10.1. The molecule has 0 aliphatic carbocycles. The van der Waals surface area contributed by atoms with Crippen molar-refractivity contribution in [3.05, 3.63) is 35.9 Å². The van der Waals surface area contributed by atoms with Crippen LogP contribution in [-0.4, -0.2) is 28.4 Å². The fourth-order valence-corrected chi connectivity index (χ4v) is 3.64. The Kier molecular flexibility index (Phi) is 15.4. The maximum Gasteiger partial charge on any atom is 0.303 e. The molecule has 0 fully saturated rings. The van der Waals surface area contributed by atoms with Crippen LogP contribution in [0.3, 0.4) is 0 Å². The lowest BCUT2D eigenvalue weighted by atomic mass is 10.00. The normalized spacial score (nSPS) is 13.3. The SMILES string of the molecule is CCCCCCCCCC(O)CC(CCCCCC(=O)O)OCc1ccccc1. The molecule has 29 heavy (non-hydrogen) atoms. The molecule has 0 aliphatic rings. The second-order valence-corrected chi connectivity index (χ2v) is 8.21. The van der Waals surface area contributed by atoms with E-state index in [2.05, 4.69) is 19.1 Å². The lowest BCUT2D eigenvalue weighted by Gasteiger charge is -2.21. The molecule has 0 spiro atoms. The Morgan fingerprint density at radius 1 is 0.897 bits per heavy atom. The second-order valence-electron chi connectivity index (χ2n) is 8.21. The van der Waals surface area contributed by atoms with E-state index in [1.807, 2.05) is 18.2 Å². The van der Waals surface area contributed by atoms with Crippen LogP contribution in [0, 0.1) is 0 Å². The Hall–Kier alpha value is -1.39. The maximum absolute atomic E-state index is 10.6. The van der Waals surface area contributed by atoms with Crippen molar-refractivity contribution in [2.75, 3.05) is 0 Å². The van der Waals surface area contributed by atoms with Crippen molar-refractivity contribution in [3.8, 4) is 0 Å². The highest BCUT2D eigenvalue weighted by molar-refractivity contribution is 5.66. The predicted molar refractivity (Wildman–Crippen MR) is 119 cm³/mol. The number of aliphatic hydroxyl groups is 1. The summed E-state index contributed by atoms with van der Waals surface area (Å²) in [5.41, 5.74) is 1.14. The Morgan fingerprint density at radius 2 is 1.52 bits per heavy atom. The quantitative estimate of drug-likeness (QED) is 0.257. The standard InChI is InChI=1S/C25H42O4/c1-2-3-4-5-6-7-12-17-23(26)20-24(18-13-9-14-19-25(27)28)29-21-22-15-10-8-11-16-22/h8,10-11,15-16,23-24,26H,2-7,9,12-14,17-21H2,1H3,(H,27,28). The van der Waals surface area contributed by atoms with Crippen molar-refractivity contribution in [2.45, 2.75) is 116 Å². The third kappa shape index (κ3) is 15.2. The molecule has 1 rings (SSSR count). The molecule has 4 nitrogen and oxygen atoms in total. The number of aliphatic carboxylic acids is 1. The van der Waals surface area contributed by atoms with Crippen LogP contribution in [0.1, 0.15) is 102 Å². The molecule has 2 atom stereocenters. The van der Waals surface area contributed by atoms with E-state index >= 15 is 0 Å². The Morgan fingerprint density at radius 3 is 2.21 bits per heavy atom. The van der Waals surface area contributed by atoms with Gasteiger partial charge in [-0.2, -0.15) is 0 Å². The van der Waals surface area contributed by atoms with E-state index in [0.29, 0.717) is 19.4 Å². The predicted octanol–water partition coefficient (Wildman–Crippen LogP) is 6.50. The fraction of sp³-hybridized carbons (Fsp3) is 0.720. The number of carboxylic acids is 1. The first-order chi connectivity index (χ1) is 14.1. The van der Waals surface area contributed by atoms with Crippen LogP contribution < -0.4 is 0 Å². The van der Waals surface area contributed by atoms with Crippen LogP contribution in [0.2, 0.25) is 0 Å². The maximum atomic E-state index is 10.6. The highest BCUT2D eigenvalue weighted by Crippen LogP contribution is 2.18. The first kappa shape index (κ1) is 25.6. The summed E-state index contributed by atoms with van der Waals surface area (Å²) in [7, 11) is 0. The van der Waals surface area contributed by atoms with Gasteiger partial charge in [-0.3, -0.25) is 4.79 Å². The molecule has 0 amide bonds. The lowest BCUT2D eigenvalue weighted by Crippen LogP contribution is -2.21. The van der Waals surface area contributed by atoms with E-state index in [9.17, 15) is 9.90 Å². The van der Waals surface area contributed by atoms with Gasteiger partial charge in [-0.15, -0.1) is 0 Å². The van der Waals surface area contributed by atoms with Gasteiger partial charge in [-0.25, -0.2) is 0 Å². The second kappa shape index (κ2) is 17.5. The van der Waals surface area contributed by atoms with E-state index in [4.69, 9.17) is 9.84 Å². The first-order valence-electron chi connectivity index (χ1n) is 11.7. The minimum absolute atomic E-state index is 0.0274. The minimum Gasteiger partial charge on any atom is -0.481 e. The van der Waals surface area contributed by atoms with E-state index in [1.165, 1.54) is 38.5 Å². The third-order valence-electron chi connectivity index (χ3n) is 5.42. The molecule has 2 N–H and O–H groups in total. The summed E-state index contributed by atoms with van der Waals surface area (Å²) in [6.07, 6.45) is 13.7. The van der Waals surface area contributed by atoms with E-state index in [-0.39, 0.29) is 18.6 Å². The fourth-order valence-electron chi connectivity index (χ4n) is 3.64. The number of hydrogen-bond donors (Lipinski definition) is 2. The average Bonchev–Trinajstić information content (AvgIpc) is 2.71. The highest BCUT2D eigenvalue weighted by Gasteiger charge is 2.15. The number of unbranched alkanes of at least 4 members (excludes halogenated alkanes) is 8. The molecule has 1 aromatic carbocycles. The molecule has 0 aliphatic heterocycles. The summed E-state index contributed by atoms with van der Waals surface area (Å²) in [5, 5.41) is 19.2. The van der Waals surface area contributed by atoms with Gasteiger partial charge < -0.3 is 14.9 Å². The van der Waals surface area contributed by atoms with Crippen LogP contribution in [0.15, 0.2) is 30.3 Å². The van der Waals surface area contributed by atoms with Gasteiger partial charge in [0.05, 0.1) is 18.8 Å². The summed E-state index contributed by atoms with van der Waals surface area (Å²) in [6.45, 7) is 2.80. The van der Waals surface area contributed by atoms with Gasteiger partial charge in [0.1, 0.15) is 0 Å². The van der Waals surface area contributed by atoms with Gasteiger partial charge in [0.2, 0.25) is 0 Å². The lowest BCUT2D eigenvalue weighted by molar-refractivity contribution is -0.137. The summed E-state index contributed by atoms with van der Waals surface area (Å²) < 4.78 is 6.12. The van der Waals surface area contributed by atoms with E-state index in [1.54, 1.807) is 0 Å². The Balaban J connectivity index is 2.30. The summed E-state index contributed by atoms with van der Waals surface area (Å²) >= 11 is 0. The van der Waals surface area contributed by atoms with Crippen LogP contribution in [0.25, 0.3) is 0 Å². The summed E-state index contributed by atoms with van der Waals surface area (Å²) in [4.78, 5) is 10.6. The van der Waals surface area contributed by atoms with Crippen molar-refractivity contribution in [2.24, 2.45) is 0 Å². The smallest absolute Gasteiger partial charge is 0.303 e. The minimum atomic E-state index is -0.730. The largest absolute Gasteiger partial charge is 0.481 e. The number of rotatable bonds is 19. The van der Waals surface area contributed by atoms with Gasteiger partial charge in [-0.05, 0) is 31.2 Å². The summed E-state index contributed by atoms with van der Waals surface area (Å²) in [5.74, 6) is -0.730. The third-order valence-corrected chi connectivity index (χ3v) is 5.42. The number of aliphatic hydroxyl groups excluding tert-OH is 1. The molecular weight excluding hydrogens is 364 g/mol. The Labute approximate surface area is 177 Å². The number of ether oxygens (including phenoxy) is 1. The Bertz CT molecular complexity index is 503. The van der Waals surface area contributed by atoms with Crippen molar-refractivity contribution >= 4 is 5.97 Å². The van der Waals surface area contributed by atoms with Gasteiger partial charge >= 0.3 is 5.97 Å².